The van der Waals surface area contributed by atoms with Gasteiger partial charge in [-0.1, -0.05) is 35.3 Å². The number of ether oxygens (including phenoxy) is 1. The van der Waals surface area contributed by atoms with Crippen molar-refractivity contribution in [2.24, 2.45) is 0 Å². The minimum atomic E-state index is -4.09. The van der Waals surface area contributed by atoms with Crippen LogP contribution in [0.25, 0.3) is 0 Å². The summed E-state index contributed by atoms with van der Waals surface area (Å²) in [6.45, 7) is 0.864. The number of anilines is 1. The standard InChI is InChI=1S/C16H13Cl2NO5S/c1-10(20)9-24-16(21)12-4-2-3-5-14(12)19-25(22,23)15-8-11(17)6-7-13(15)18/h2-8,19H,9H2,1H3. The Kier molecular flexibility index (Phi) is 6.05. The summed E-state index contributed by atoms with van der Waals surface area (Å²) in [5.74, 6) is -1.16. The number of para-hydroxylation sites is 1. The summed E-state index contributed by atoms with van der Waals surface area (Å²) in [4.78, 5) is 22.8. The second-order valence-electron chi connectivity index (χ2n) is 5.00. The molecule has 0 aliphatic heterocycles. The Balaban J connectivity index is 2.35. The average Bonchev–Trinajstić information content (AvgIpc) is 2.55. The number of hydrogen-bond donors (Lipinski definition) is 1. The number of hydrogen-bond acceptors (Lipinski definition) is 5. The Morgan fingerprint density at radius 2 is 1.80 bits per heavy atom. The molecule has 0 saturated carbocycles. The summed E-state index contributed by atoms with van der Waals surface area (Å²) in [6, 6.07) is 9.85. The Hall–Kier alpha value is -2.09. The SMILES string of the molecule is CC(=O)COC(=O)c1ccccc1NS(=O)(=O)c1cc(Cl)ccc1Cl. The molecule has 0 radical (unpaired) electrons. The fraction of sp³-hybridized carbons (Fsp3) is 0.125. The Morgan fingerprint density at radius 3 is 2.48 bits per heavy atom. The van der Waals surface area contributed by atoms with Crippen LogP contribution >= 0.6 is 23.2 Å². The number of esters is 1. The number of carbonyl (C=O) groups is 2. The van der Waals surface area contributed by atoms with E-state index in [-0.39, 0.29) is 32.0 Å². The molecule has 0 bridgehead atoms. The van der Waals surface area contributed by atoms with Gasteiger partial charge in [0.05, 0.1) is 16.3 Å². The quantitative estimate of drug-likeness (QED) is 0.747. The van der Waals surface area contributed by atoms with Crippen molar-refractivity contribution < 1.29 is 22.7 Å². The maximum atomic E-state index is 12.6. The van der Waals surface area contributed by atoms with Crippen LogP contribution in [0.4, 0.5) is 5.69 Å². The van der Waals surface area contributed by atoms with Gasteiger partial charge in [0.1, 0.15) is 11.5 Å². The zero-order valence-electron chi connectivity index (χ0n) is 13.0. The van der Waals surface area contributed by atoms with Crippen molar-refractivity contribution in [3.8, 4) is 0 Å². The average molecular weight is 402 g/mol. The summed E-state index contributed by atoms with van der Waals surface area (Å²) in [6.07, 6.45) is 0. The normalized spacial score (nSPS) is 11.0. The summed E-state index contributed by atoms with van der Waals surface area (Å²) >= 11 is 11.7. The fourth-order valence-corrected chi connectivity index (χ4v) is 3.72. The first kappa shape index (κ1) is 19.2. The number of sulfonamides is 1. The van der Waals surface area contributed by atoms with E-state index in [1.165, 1.54) is 43.3 Å². The molecule has 6 nitrogen and oxygen atoms in total. The molecule has 0 amide bonds. The lowest BCUT2D eigenvalue weighted by Crippen LogP contribution is -2.18. The third kappa shape index (κ3) is 4.94. The van der Waals surface area contributed by atoms with E-state index in [2.05, 4.69) is 4.72 Å². The van der Waals surface area contributed by atoms with Gasteiger partial charge in [0, 0.05) is 5.02 Å². The number of halogens is 2. The second-order valence-corrected chi connectivity index (χ2v) is 7.50. The van der Waals surface area contributed by atoms with Gasteiger partial charge >= 0.3 is 5.97 Å². The van der Waals surface area contributed by atoms with E-state index in [9.17, 15) is 18.0 Å². The van der Waals surface area contributed by atoms with E-state index in [0.717, 1.165) is 0 Å². The van der Waals surface area contributed by atoms with Crippen LogP contribution in [0.1, 0.15) is 17.3 Å². The molecule has 0 saturated heterocycles. The van der Waals surface area contributed by atoms with E-state index in [1.807, 2.05) is 0 Å². The summed E-state index contributed by atoms with van der Waals surface area (Å²) in [5.41, 5.74) is -0.0439. The van der Waals surface area contributed by atoms with Crippen LogP contribution in [0.5, 0.6) is 0 Å². The zero-order chi connectivity index (χ0) is 18.6. The third-order valence-corrected chi connectivity index (χ3v) is 5.06. The number of benzene rings is 2. The van der Waals surface area contributed by atoms with Gasteiger partial charge in [-0.2, -0.15) is 0 Å². The van der Waals surface area contributed by atoms with Crippen LogP contribution in [-0.4, -0.2) is 26.8 Å². The summed E-state index contributed by atoms with van der Waals surface area (Å²) in [5, 5.41) is 0.174. The van der Waals surface area contributed by atoms with E-state index in [4.69, 9.17) is 27.9 Å². The number of carbonyl (C=O) groups excluding carboxylic acids is 2. The molecule has 0 aliphatic rings. The molecular weight excluding hydrogens is 389 g/mol. The van der Waals surface area contributed by atoms with Gasteiger partial charge in [-0.25, -0.2) is 13.2 Å². The van der Waals surface area contributed by atoms with Crippen LogP contribution in [0.2, 0.25) is 10.0 Å². The molecule has 1 N–H and O–H groups in total. The van der Waals surface area contributed by atoms with Gasteiger partial charge in [0.15, 0.2) is 5.78 Å². The molecule has 9 heteroatoms. The van der Waals surface area contributed by atoms with Crippen molar-refractivity contribution in [1.29, 1.82) is 0 Å². The molecule has 2 aromatic carbocycles. The lowest BCUT2D eigenvalue weighted by Gasteiger charge is -2.13. The zero-order valence-corrected chi connectivity index (χ0v) is 15.3. The van der Waals surface area contributed by atoms with Crippen molar-refractivity contribution in [3.05, 3.63) is 58.1 Å². The van der Waals surface area contributed by atoms with Crippen molar-refractivity contribution in [2.45, 2.75) is 11.8 Å². The molecule has 0 aliphatic carbocycles. The first-order valence-corrected chi connectivity index (χ1v) is 9.18. The molecule has 25 heavy (non-hydrogen) atoms. The highest BCUT2D eigenvalue weighted by Crippen LogP contribution is 2.28. The van der Waals surface area contributed by atoms with Gasteiger partial charge in [-0.3, -0.25) is 9.52 Å². The molecule has 0 atom stereocenters. The highest BCUT2D eigenvalue weighted by atomic mass is 35.5. The van der Waals surface area contributed by atoms with Crippen LogP contribution in [-0.2, 0) is 19.6 Å². The monoisotopic (exact) mass is 401 g/mol. The lowest BCUT2D eigenvalue weighted by molar-refractivity contribution is -0.120. The maximum absolute atomic E-state index is 12.6. The maximum Gasteiger partial charge on any atom is 0.340 e. The van der Waals surface area contributed by atoms with Crippen molar-refractivity contribution in [2.75, 3.05) is 11.3 Å². The van der Waals surface area contributed by atoms with Crippen LogP contribution in [0.3, 0.4) is 0 Å². The molecule has 0 unspecified atom stereocenters. The van der Waals surface area contributed by atoms with E-state index >= 15 is 0 Å². The second kappa shape index (κ2) is 7.86. The molecule has 132 valence electrons. The molecule has 2 rings (SSSR count). The summed E-state index contributed by atoms with van der Waals surface area (Å²) in [7, 11) is -4.09. The van der Waals surface area contributed by atoms with Crippen LogP contribution in [0, 0.1) is 0 Å². The minimum Gasteiger partial charge on any atom is -0.454 e. The molecule has 0 aromatic heterocycles. The van der Waals surface area contributed by atoms with E-state index in [1.54, 1.807) is 6.07 Å². The fourth-order valence-electron chi connectivity index (χ4n) is 1.88. The number of rotatable bonds is 6. The highest BCUT2D eigenvalue weighted by Gasteiger charge is 2.22. The first-order chi connectivity index (χ1) is 11.7. The largest absolute Gasteiger partial charge is 0.454 e. The van der Waals surface area contributed by atoms with Crippen molar-refractivity contribution >= 4 is 50.7 Å². The van der Waals surface area contributed by atoms with Gasteiger partial charge in [0.2, 0.25) is 0 Å². The smallest absolute Gasteiger partial charge is 0.340 e. The minimum absolute atomic E-state index is 0.00732. The number of nitrogens with one attached hydrogen (secondary N) is 1. The van der Waals surface area contributed by atoms with Gasteiger partial charge in [-0.05, 0) is 37.3 Å². The van der Waals surface area contributed by atoms with Gasteiger partial charge in [-0.15, -0.1) is 0 Å². The topological polar surface area (TPSA) is 89.5 Å². The van der Waals surface area contributed by atoms with Crippen molar-refractivity contribution in [1.82, 2.24) is 0 Å². The van der Waals surface area contributed by atoms with E-state index in [0.29, 0.717) is 0 Å². The molecule has 2 aromatic rings. The Bertz CT molecular complexity index is 928. The molecule has 0 heterocycles. The summed E-state index contributed by atoms with van der Waals surface area (Å²) < 4.78 is 32.2. The molecular formula is C16H13Cl2NO5S. The van der Waals surface area contributed by atoms with Gasteiger partial charge < -0.3 is 4.74 Å². The van der Waals surface area contributed by atoms with Crippen molar-refractivity contribution in [3.63, 3.8) is 0 Å². The molecule has 0 fully saturated rings. The Morgan fingerprint density at radius 1 is 1.12 bits per heavy atom. The van der Waals surface area contributed by atoms with Crippen LogP contribution < -0.4 is 4.72 Å². The number of ketones is 1. The van der Waals surface area contributed by atoms with E-state index < -0.39 is 22.6 Å². The first-order valence-electron chi connectivity index (χ1n) is 6.94. The predicted octanol–water partition coefficient (Wildman–Crippen LogP) is 3.54. The molecule has 0 spiro atoms. The Labute approximate surface area is 154 Å². The van der Waals surface area contributed by atoms with Crippen LogP contribution in [0.15, 0.2) is 47.4 Å². The predicted molar refractivity (Wildman–Crippen MR) is 94.7 cm³/mol. The third-order valence-electron chi connectivity index (χ3n) is 2.98. The lowest BCUT2D eigenvalue weighted by atomic mass is 10.2. The van der Waals surface area contributed by atoms with Gasteiger partial charge in [0.25, 0.3) is 10.0 Å². The highest BCUT2D eigenvalue weighted by molar-refractivity contribution is 7.92. The number of Topliss-reactive ketones (excluding diaryl/α,β-unsaturated/α-hetero) is 1.